The van der Waals surface area contributed by atoms with Crippen molar-refractivity contribution in [3.63, 3.8) is 0 Å². The Morgan fingerprint density at radius 2 is 1.58 bits per heavy atom. The van der Waals surface area contributed by atoms with Crippen molar-refractivity contribution in [2.45, 2.75) is 20.3 Å². The van der Waals surface area contributed by atoms with Crippen LogP contribution in [0.5, 0.6) is 0 Å². The molecule has 0 spiro atoms. The molecule has 0 aromatic carbocycles. The third-order valence-electron chi connectivity index (χ3n) is 2.28. The van der Waals surface area contributed by atoms with E-state index in [0.717, 1.165) is 0 Å². The Morgan fingerprint density at radius 3 is 2.11 bits per heavy atom. The Hall–Kier alpha value is -1.14. The Bertz CT molecular complexity index is 278. The molecule has 0 unspecified atom stereocenters. The topological polar surface area (TPSA) is 93.5 Å². The molecule has 0 atom stereocenters. The van der Waals surface area contributed by atoms with Crippen molar-refractivity contribution < 1.29 is 19.0 Å². The van der Waals surface area contributed by atoms with E-state index < -0.39 is 0 Å². The van der Waals surface area contributed by atoms with Crippen LogP contribution in [-0.4, -0.2) is 52.0 Å². The quantitative estimate of drug-likeness (QED) is 0.222. The second-order valence-electron chi connectivity index (χ2n) is 4.16. The van der Waals surface area contributed by atoms with E-state index in [1.54, 1.807) is 0 Å². The van der Waals surface area contributed by atoms with E-state index in [9.17, 15) is 4.79 Å². The van der Waals surface area contributed by atoms with E-state index in [1.807, 2.05) is 13.8 Å². The lowest BCUT2D eigenvalue weighted by molar-refractivity contribution is -0.123. The summed E-state index contributed by atoms with van der Waals surface area (Å²) >= 11 is 0. The molecule has 0 bridgehead atoms. The molecule has 19 heavy (non-hydrogen) atoms. The van der Waals surface area contributed by atoms with E-state index in [0.29, 0.717) is 52.6 Å². The summed E-state index contributed by atoms with van der Waals surface area (Å²) in [6, 6.07) is 0. The SMILES string of the molecule is CC(C)C(=O)CCOCCOCCOCCN=[N+]=[N-]. The van der Waals surface area contributed by atoms with Crippen molar-refractivity contribution in [1.29, 1.82) is 0 Å². The zero-order valence-corrected chi connectivity index (χ0v) is 11.7. The molecule has 0 heterocycles. The van der Waals surface area contributed by atoms with Crippen molar-refractivity contribution in [2.75, 3.05) is 46.2 Å². The maximum Gasteiger partial charge on any atom is 0.137 e. The van der Waals surface area contributed by atoms with Gasteiger partial charge in [0, 0.05) is 23.8 Å². The molecular weight excluding hydrogens is 250 g/mol. The molecule has 0 aromatic heterocycles. The smallest absolute Gasteiger partial charge is 0.137 e. The molecule has 0 aliphatic rings. The van der Waals surface area contributed by atoms with Gasteiger partial charge in [-0.15, -0.1) is 0 Å². The second-order valence-corrected chi connectivity index (χ2v) is 4.16. The third kappa shape index (κ3) is 13.1. The highest BCUT2D eigenvalue weighted by Crippen LogP contribution is 1.98. The number of carbonyl (C=O) groups excluding carboxylic acids is 1. The normalized spacial score (nSPS) is 10.5. The van der Waals surface area contributed by atoms with Gasteiger partial charge in [0.1, 0.15) is 5.78 Å². The van der Waals surface area contributed by atoms with Crippen LogP contribution in [0.1, 0.15) is 20.3 Å². The standard InChI is InChI=1S/C12H23N3O4/c1-11(2)12(16)3-5-17-7-9-19-10-8-18-6-4-14-15-13/h11H,3-10H2,1-2H3. The Labute approximate surface area is 113 Å². The first-order valence-electron chi connectivity index (χ1n) is 6.45. The highest BCUT2D eigenvalue weighted by molar-refractivity contribution is 5.80. The first kappa shape index (κ1) is 17.9. The molecule has 7 heteroatoms. The molecule has 0 aliphatic carbocycles. The van der Waals surface area contributed by atoms with Crippen LogP contribution in [0.25, 0.3) is 10.4 Å². The van der Waals surface area contributed by atoms with Crippen LogP contribution in [0.4, 0.5) is 0 Å². The van der Waals surface area contributed by atoms with E-state index in [2.05, 4.69) is 10.0 Å². The predicted octanol–water partition coefficient (Wildman–Crippen LogP) is 1.96. The van der Waals surface area contributed by atoms with Gasteiger partial charge in [-0.3, -0.25) is 4.79 Å². The van der Waals surface area contributed by atoms with Gasteiger partial charge in [-0.1, -0.05) is 19.0 Å². The van der Waals surface area contributed by atoms with E-state index in [1.165, 1.54) is 0 Å². The summed E-state index contributed by atoms with van der Waals surface area (Å²) in [6.07, 6.45) is 0.459. The van der Waals surface area contributed by atoms with E-state index in [-0.39, 0.29) is 11.7 Å². The summed E-state index contributed by atoms with van der Waals surface area (Å²) in [5.74, 6) is 0.289. The minimum absolute atomic E-state index is 0.0716. The summed E-state index contributed by atoms with van der Waals surface area (Å²) < 4.78 is 15.7. The summed E-state index contributed by atoms with van der Waals surface area (Å²) in [4.78, 5) is 13.9. The van der Waals surface area contributed by atoms with Gasteiger partial charge in [-0.05, 0) is 5.53 Å². The van der Waals surface area contributed by atoms with Crippen LogP contribution in [0, 0.1) is 5.92 Å². The average Bonchev–Trinajstić information content (AvgIpc) is 2.39. The maximum absolute atomic E-state index is 11.3. The molecular formula is C12H23N3O4. The van der Waals surface area contributed by atoms with Crippen LogP contribution in [0.2, 0.25) is 0 Å². The largest absolute Gasteiger partial charge is 0.379 e. The number of ketones is 1. The molecule has 7 nitrogen and oxygen atoms in total. The number of rotatable bonds is 13. The number of hydrogen-bond acceptors (Lipinski definition) is 5. The molecule has 110 valence electrons. The van der Waals surface area contributed by atoms with Gasteiger partial charge in [0.2, 0.25) is 0 Å². The van der Waals surface area contributed by atoms with Gasteiger partial charge in [0.15, 0.2) is 0 Å². The molecule has 0 aromatic rings. The number of azide groups is 1. The number of nitrogens with zero attached hydrogens (tertiary/aromatic N) is 3. The van der Waals surface area contributed by atoms with Crippen LogP contribution < -0.4 is 0 Å². The molecule has 0 rings (SSSR count). The Balaban J connectivity index is 3.11. The number of carbonyl (C=O) groups is 1. The summed E-state index contributed by atoms with van der Waals surface area (Å²) in [5.41, 5.74) is 8.02. The van der Waals surface area contributed by atoms with Gasteiger partial charge in [-0.25, -0.2) is 0 Å². The van der Waals surface area contributed by atoms with Gasteiger partial charge < -0.3 is 14.2 Å². The molecule has 0 saturated carbocycles. The minimum Gasteiger partial charge on any atom is -0.379 e. The second kappa shape index (κ2) is 13.3. The predicted molar refractivity (Wildman–Crippen MR) is 70.9 cm³/mol. The van der Waals surface area contributed by atoms with Gasteiger partial charge >= 0.3 is 0 Å². The Kier molecular flexibility index (Phi) is 12.5. The lowest BCUT2D eigenvalue weighted by atomic mass is 10.1. The molecule has 0 N–H and O–H groups in total. The van der Waals surface area contributed by atoms with Crippen LogP contribution in [-0.2, 0) is 19.0 Å². The van der Waals surface area contributed by atoms with Crippen molar-refractivity contribution in [2.24, 2.45) is 11.0 Å². The fourth-order valence-electron chi connectivity index (χ4n) is 1.15. The monoisotopic (exact) mass is 273 g/mol. The van der Waals surface area contributed by atoms with Crippen molar-refractivity contribution in [1.82, 2.24) is 0 Å². The number of hydrogen-bond donors (Lipinski definition) is 0. The number of ether oxygens (including phenoxy) is 3. The lowest BCUT2D eigenvalue weighted by Crippen LogP contribution is -2.13. The third-order valence-corrected chi connectivity index (χ3v) is 2.28. The average molecular weight is 273 g/mol. The van der Waals surface area contributed by atoms with E-state index in [4.69, 9.17) is 19.7 Å². The number of Topliss-reactive ketones (excluding diaryl/α,β-unsaturated/α-hetero) is 1. The zero-order valence-electron chi connectivity index (χ0n) is 11.7. The van der Waals surface area contributed by atoms with Crippen LogP contribution in [0.15, 0.2) is 5.11 Å². The van der Waals surface area contributed by atoms with Crippen LogP contribution in [0.3, 0.4) is 0 Å². The molecule has 0 amide bonds. The molecule has 0 fully saturated rings. The highest BCUT2D eigenvalue weighted by Gasteiger charge is 2.05. The van der Waals surface area contributed by atoms with Gasteiger partial charge in [0.25, 0.3) is 0 Å². The van der Waals surface area contributed by atoms with E-state index >= 15 is 0 Å². The van der Waals surface area contributed by atoms with Crippen LogP contribution >= 0.6 is 0 Å². The van der Waals surface area contributed by atoms with Crippen molar-refractivity contribution in [3.8, 4) is 0 Å². The van der Waals surface area contributed by atoms with Crippen molar-refractivity contribution in [3.05, 3.63) is 10.4 Å². The van der Waals surface area contributed by atoms with Gasteiger partial charge in [0.05, 0.1) is 39.6 Å². The fraction of sp³-hybridized carbons (Fsp3) is 0.917. The zero-order chi connectivity index (χ0) is 14.3. The summed E-state index contributed by atoms with van der Waals surface area (Å²) in [5, 5.41) is 3.33. The van der Waals surface area contributed by atoms with Crippen molar-refractivity contribution >= 4 is 5.78 Å². The summed E-state index contributed by atoms with van der Waals surface area (Å²) in [6.45, 7) is 6.85. The lowest BCUT2D eigenvalue weighted by Gasteiger charge is -2.07. The molecule has 0 radical (unpaired) electrons. The Morgan fingerprint density at radius 1 is 1.05 bits per heavy atom. The molecule has 0 aliphatic heterocycles. The minimum atomic E-state index is 0.0716. The fourth-order valence-corrected chi connectivity index (χ4v) is 1.15. The summed E-state index contributed by atoms with van der Waals surface area (Å²) in [7, 11) is 0. The molecule has 0 saturated heterocycles. The van der Waals surface area contributed by atoms with Gasteiger partial charge in [-0.2, -0.15) is 0 Å². The first-order chi connectivity index (χ1) is 9.18. The highest BCUT2D eigenvalue weighted by atomic mass is 16.5. The maximum atomic E-state index is 11.3. The first-order valence-corrected chi connectivity index (χ1v) is 6.45.